The highest BCUT2D eigenvalue weighted by Crippen LogP contribution is 2.17. The van der Waals surface area contributed by atoms with Gasteiger partial charge in [0.05, 0.1) is 11.7 Å². The van der Waals surface area contributed by atoms with Gasteiger partial charge in [-0.3, -0.25) is 0 Å². The van der Waals surface area contributed by atoms with Gasteiger partial charge in [-0.2, -0.15) is 0 Å². The van der Waals surface area contributed by atoms with Crippen molar-refractivity contribution < 1.29 is 19.0 Å². The third-order valence-corrected chi connectivity index (χ3v) is 3.99. The Labute approximate surface area is 142 Å². The second kappa shape index (κ2) is 8.50. The molecule has 4 heteroatoms. The molecule has 126 valence electrons. The normalized spacial score (nSPS) is 17.2. The van der Waals surface area contributed by atoms with E-state index in [1.54, 1.807) is 18.2 Å². The van der Waals surface area contributed by atoms with Crippen molar-refractivity contribution >= 4 is 5.97 Å². The number of rotatable bonds is 6. The average molecular weight is 326 g/mol. The number of ether oxygens (including phenoxy) is 3. The largest absolute Gasteiger partial charge is 0.489 e. The molecule has 0 aliphatic carbocycles. The molecule has 2 aromatic rings. The Morgan fingerprint density at radius 1 is 1.08 bits per heavy atom. The summed E-state index contributed by atoms with van der Waals surface area (Å²) in [4.78, 5) is 12.2. The highest BCUT2D eigenvalue weighted by molar-refractivity contribution is 5.89. The summed E-state index contributed by atoms with van der Waals surface area (Å²) >= 11 is 0. The molecule has 0 N–H and O–H groups in total. The highest BCUT2D eigenvalue weighted by atomic mass is 16.6. The number of esters is 1. The maximum absolute atomic E-state index is 12.2. The van der Waals surface area contributed by atoms with E-state index in [0.29, 0.717) is 24.5 Å². The van der Waals surface area contributed by atoms with Crippen LogP contribution in [0, 0.1) is 0 Å². The predicted octanol–water partition coefficient (Wildman–Crippen LogP) is 3.99. The minimum Gasteiger partial charge on any atom is -0.489 e. The number of carbonyl (C=O) groups is 1. The molecule has 4 nitrogen and oxygen atoms in total. The van der Waals surface area contributed by atoms with Crippen LogP contribution < -0.4 is 4.74 Å². The average Bonchev–Trinajstić information content (AvgIpc) is 2.66. The van der Waals surface area contributed by atoms with Gasteiger partial charge in [0.2, 0.25) is 0 Å². The Bertz CT molecular complexity index is 648. The van der Waals surface area contributed by atoms with Gasteiger partial charge in [0.15, 0.2) is 0 Å². The van der Waals surface area contributed by atoms with Crippen molar-refractivity contribution in [2.75, 3.05) is 13.2 Å². The second-order valence-corrected chi connectivity index (χ2v) is 5.89. The number of carbonyl (C=O) groups excluding carboxylic acids is 1. The molecular weight excluding hydrogens is 304 g/mol. The summed E-state index contributed by atoms with van der Waals surface area (Å²) in [6, 6.07) is 17.0. The van der Waals surface area contributed by atoms with Gasteiger partial charge in [0, 0.05) is 6.61 Å². The SMILES string of the molecule is O=C(OCC1CCCCO1)c1cccc(OCc2ccccc2)c1. The van der Waals surface area contributed by atoms with E-state index in [9.17, 15) is 4.79 Å². The molecule has 0 bridgehead atoms. The zero-order chi connectivity index (χ0) is 16.6. The minimum absolute atomic E-state index is 0.0280. The summed E-state index contributed by atoms with van der Waals surface area (Å²) in [6.07, 6.45) is 3.20. The first-order chi connectivity index (χ1) is 11.8. The van der Waals surface area contributed by atoms with E-state index >= 15 is 0 Å². The maximum Gasteiger partial charge on any atom is 0.338 e. The first kappa shape index (κ1) is 16.5. The topological polar surface area (TPSA) is 44.8 Å². The van der Waals surface area contributed by atoms with E-state index in [1.165, 1.54) is 0 Å². The first-order valence-corrected chi connectivity index (χ1v) is 8.37. The molecule has 1 saturated heterocycles. The fourth-order valence-electron chi connectivity index (χ4n) is 2.64. The Morgan fingerprint density at radius 3 is 2.75 bits per heavy atom. The van der Waals surface area contributed by atoms with Crippen molar-refractivity contribution in [3.63, 3.8) is 0 Å². The molecular formula is C20H22O4. The van der Waals surface area contributed by atoms with Gasteiger partial charge in [0.25, 0.3) is 0 Å². The summed E-state index contributed by atoms with van der Waals surface area (Å²) in [7, 11) is 0. The van der Waals surface area contributed by atoms with E-state index in [2.05, 4.69) is 0 Å². The third kappa shape index (κ3) is 4.83. The Hall–Kier alpha value is -2.33. The lowest BCUT2D eigenvalue weighted by molar-refractivity contribution is -0.0300. The van der Waals surface area contributed by atoms with Crippen LogP contribution in [0.4, 0.5) is 0 Å². The van der Waals surface area contributed by atoms with Crippen molar-refractivity contribution in [2.45, 2.75) is 32.0 Å². The Morgan fingerprint density at radius 2 is 1.96 bits per heavy atom. The number of hydrogen-bond acceptors (Lipinski definition) is 4. The summed E-state index contributed by atoms with van der Waals surface area (Å²) < 4.78 is 16.7. The predicted molar refractivity (Wildman–Crippen MR) is 91.1 cm³/mol. The van der Waals surface area contributed by atoms with Gasteiger partial charge in [-0.05, 0) is 43.0 Å². The summed E-state index contributed by atoms with van der Waals surface area (Å²) in [6.45, 7) is 1.54. The number of benzene rings is 2. The van der Waals surface area contributed by atoms with Crippen molar-refractivity contribution in [1.82, 2.24) is 0 Å². The molecule has 0 aromatic heterocycles. The van der Waals surface area contributed by atoms with E-state index in [0.717, 1.165) is 31.4 Å². The number of hydrogen-bond donors (Lipinski definition) is 0. The van der Waals surface area contributed by atoms with Crippen LogP contribution in [0.15, 0.2) is 54.6 Å². The van der Waals surface area contributed by atoms with Crippen LogP contribution in [-0.2, 0) is 16.1 Å². The lowest BCUT2D eigenvalue weighted by atomic mass is 10.1. The summed E-state index contributed by atoms with van der Waals surface area (Å²) in [5.74, 6) is 0.316. The molecule has 24 heavy (non-hydrogen) atoms. The zero-order valence-electron chi connectivity index (χ0n) is 13.6. The smallest absolute Gasteiger partial charge is 0.338 e. The molecule has 0 amide bonds. The highest BCUT2D eigenvalue weighted by Gasteiger charge is 2.17. The van der Waals surface area contributed by atoms with Crippen LogP contribution in [0.2, 0.25) is 0 Å². The molecule has 0 radical (unpaired) electrons. The van der Waals surface area contributed by atoms with Gasteiger partial charge in [-0.25, -0.2) is 4.79 Å². The van der Waals surface area contributed by atoms with E-state index in [1.807, 2.05) is 36.4 Å². The summed E-state index contributed by atoms with van der Waals surface area (Å²) in [5, 5.41) is 0. The molecule has 1 heterocycles. The molecule has 1 aliphatic rings. The fourth-order valence-corrected chi connectivity index (χ4v) is 2.64. The van der Waals surface area contributed by atoms with Crippen molar-refractivity contribution in [1.29, 1.82) is 0 Å². The lowest BCUT2D eigenvalue weighted by Gasteiger charge is -2.22. The van der Waals surface area contributed by atoms with Gasteiger partial charge in [-0.1, -0.05) is 36.4 Å². The van der Waals surface area contributed by atoms with Crippen LogP contribution in [0.5, 0.6) is 5.75 Å². The van der Waals surface area contributed by atoms with Crippen molar-refractivity contribution in [2.24, 2.45) is 0 Å². The monoisotopic (exact) mass is 326 g/mol. The van der Waals surface area contributed by atoms with Gasteiger partial charge >= 0.3 is 5.97 Å². The van der Waals surface area contributed by atoms with E-state index < -0.39 is 0 Å². The van der Waals surface area contributed by atoms with Crippen molar-refractivity contribution in [3.8, 4) is 5.75 Å². The van der Waals surface area contributed by atoms with Gasteiger partial charge in [0.1, 0.15) is 19.0 Å². The van der Waals surface area contributed by atoms with Gasteiger partial charge < -0.3 is 14.2 Å². The zero-order valence-corrected chi connectivity index (χ0v) is 13.6. The third-order valence-electron chi connectivity index (χ3n) is 3.99. The fraction of sp³-hybridized carbons (Fsp3) is 0.350. The van der Waals surface area contributed by atoms with Gasteiger partial charge in [-0.15, -0.1) is 0 Å². The maximum atomic E-state index is 12.2. The first-order valence-electron chi connectivity index (χ1n) is 8.37. The molecule has 0 saturated carbocycles. The Balaban J connectivity index is 1.52. The Kier molecular flexibility index (Phi) is 5.85. The van der Waals surface area contributed by atoms with E-state index in [4.69, 9.17) is 14.2 Å². The quantitative estimate of drug-likeness (QED) is 0.753. The molecule has 1 atom stereocenters. The van der Waals surface area contributed by atoms with Crippen LogP contribution in [0.25, 0.3) is 0 Å². The minimum atomic E-state index is -0.339. The van der Waals surface area contributed by atoms with Crippen LogP contribution >= 0.6 is 0 Å². The standard InChI is InChI=1S/C20H22O4/c21-20(24-15-19-10-4-5-12-22-19)17-9-6-11-18(13-17)23-14-16-7-2-1-3-8-16/h1-3,6-9,11,13,19H,4-5,10,12,14-15H2. The molecule has 3 rings (SSSR count). The molecule has 2 aromatic carbocycles. The van der Waals surface area contributed by atoms with Crippen LogP contribution in [-0.4, -0.2) is 25.3 Å². The van der Waals surface area contributed by atoms with E-state index in [-0.39, 0.29) is 12.1 Å². The second-order valence-electron chi connectivity index (χ2n) is 5.89. The van der Waals surface area contributed by atoms with Crippen LogP contribution in [0.3, 0.4) is 0 Å². The molecule has 1 fully saturated rings. The molecule has 1 unspecified atom stereocenters. The summed E-state index contributed by atoms with van der Waals surface area (Å²) in [5.41, 5.74) is 1.58. The molecule has 1 aliphatic heterocycles. The van der Waals surface area contributed by atoms with Crippen LogP contribution in [0.1, 0.15) is 35.2 Å². The lowest BCUT2D eigenvalue weighted by Crippen LogP contribution is -2.25. The molecule has 0 spiro atoms. The van der Waals surface area contributed by atoms with Crippen molar-refractivity contribution in [3.05, 3.63) is 65.7 Å².